The number of pyridine rings is 2. The SMILES string of the molecule is Cc1c(C(=O)Nc2ccccn2)ccc(C(=N)c2c(N)ncc(Cl)c2NC2CNC2)c1F. The molecule has 3 aromatic rings. The number of nitrogens with zero attached hydrogens (tertiary/aromatic N) is 2. The maximum absolute atomic E-state index is 15.3. The second kappa shape index (κ2) is 8.89. The van der Waals surface area contributed by atoms with Crippen molar-refractivity contribution in [1.29, 1.82) is 5.41 Å². The molecule has 32 heavy (non-hydrogen) atoms. The molecule has 164 valence electrons. The maximum Gasteiger partial charge on any atom is 0.257 e. The minimum absolute atomic E-state index is 0.0116. The summed E-state index contributed by atoms with van der Waals surface area (Å²) in [7, 11) is 0. The summed E-state index contributed by atoms with van der Waals surface area (Å²) in [6.07, 6.45) is 2.94. The molecule has 8 nitrogen and oxygen atoms in total. The van der Waals surface area contributed by atoms with E-state index in [1.54, 1.807) is 24.4 Å². The molecule has 0 bridgehead atoms. The van der Waals surface area contributed by atoms with E-state index in [9.17, 15) is 4.79 Å². The van der Waals surface area contributed by atoms with Crippen molar-refractivity contribution in [2.45, 2.75) is 13.0 Å². The Hall–Kier alpha value is -3.56. The van der Waals surface area contributed by atoms with E-state index in [0.29, 0.717) is 11.5 Å². The number of hydrogen-bond acceptors (Lipinski definition) is 7. The summed E-state index contributed by atoms with van der Waals surface area (Å²) in [5, 5.41) is 18.0. The zero-order valence-electron chi connectivity index (χ0n) is 17.2. The van der Waals surface area contributed by atoms with Gasteiger partial charge in [-0.05, 0) is 36.8 Å². The van der Waals surface area contributed by atoms with Crippen molar-refractivity contribution in [2.75, 3.05) is 29.5 Å². The lowest BCUT2D eigenvalue weighted by Crippen LogP contribution is -2.51. The highest BCUT2D eigenvalue weighted by Gasteiger charge is 2.26. The summed E-state index contributed by atoms with van der Waals surface area (Å²) >= 11 is 6.32. The summed E-state index contributed by atoms with van der Waals surface area (Å²) in [4.78, 5) is 20.7. The molecule has 2 aromatic heterocycles. The Morgan fingerprint density at radius 3 is 2.66 bits per heavy atom. The maximum atomic E-state index is 15.3. The number of carbonyl (C=O) groups is 1. The minimum atomic E-state index is -0.695. The number of benzene rings is 1. The topological polar surface area (TPSA) is 129 Å². The number of anilines is 3. The summed E-state index contributed by atoms with van der Waals surface area (Å²) < 4.78 is 15.3. The standard InChI is InChI=1S/C22H21ClFN7O/c1-11-13(22(32)31-16-4-2-3-7-28-16)5-6-14(18(11)24)19(25)17-20(30-12-8-27-9-12)15(23)10-29-21(17)26/h2-7,10,12,25,27H,8-9H2,1H3,(H3,26,29,30)(H,28,31,32). The molecule has 1 fully saturated rings. The fourth-order valence-corrected chi connectivity index (χ4v) is 3.57. The predicted octanol–water partition coefficient (Wildman–Crippen LogP) is 3.21. The van der Waals surface area contributed by atoms with Crippen LogP contribution in [-0.2, 0) is 0 Å². The molecule has 0 aliphatic carbocycles. The normalized spacial score (nSPS) is 13.3. The highest BCUT2D eigenvalue weighted by molar-refractivity contribution is 6.35. The lowest BCUT2D eigenvalue weighted by molar-refractivity contribution is 0.102. The van der Waals surface area contributed by atoms with Crippen LogP contribution in [0.15, 0.2) is 42.7 Å². The van der Waals surface area contributed by atoms with Gasteiger partial charge < -0.3 is 21.7 Å². The Balaban J connectivity index is 1.67. The smallest absolute Gasteiger partial charge is 0.257 e. The van der Waals surface area contributed by atoms with Gasteiger partial charge in [0.25, 0.3) is 5.91 Å². The van der Waals surface area contributed by atoms with E-state index in [1.807, 2.05) is 0 Å². The second-order valence-electron chi connectivity index (χ2n) is 7.38. The fourth-order valence-electron chi connectivity index (χ4n) is 3.37. The molecule has 1 aliphatic rings. The van der Waals surface area contributed by atoms with Gasteiger partial charge in [-0.3, -0.25) is 10.2 Å². The molecule has 1 saturated heterocycles. The highest BCUT2D eigenvalue weighted by atomic mass is 35.5. The molecule has 3 heterocycles. The molecule has 1 aromatic carbocycles. The number of halogens is 2. The van der Waals surface area contributed by atoms with Gasteiger partial charge >= 0.3 is 0 Å². The van der Waals surface area contributed by atoms with Gasteiger partial charge in [-0.15, -0.1) is 0 Å². The summed E-state index contributed by atoms with van der Waals surface area (Å²) in [5.41, 5.74) is 6.76. The van der Waals surface area contributed by atoms with Crippen LogP contribution in [-0.4, -0.2) is 40.7 Å². The number of amides is 1. The molecule has 0 saturated carbocycles. The molecule has 1 amide bonds. The zero-order chi connectivity index (χ0) is 22.8. The lowest BCUT2D eigenvalue weighted by atomic mass is 9.95. The van der Waals surface area contributed by atoms with Crippen LogP contribution in [0, 0.1) is 18.2 Å². The van der Waals surface area contributed by atoms with E-state index < -0.39 is 11.7 Å². The van der Waals surface area contributed by atoms with Gasteiger partial charge in [-0.2, -0.15) is 0 Å². The summed E-state index contributed by atoms with van der Waals surface area (Å²) in [6, 6.07) is 8.06. The number of nitrogens with two attached hydrogens (primary N) is 1. The van der Waals surface area contributed by atoms with Crippen molar-refractivity contribution in [3.63, 3.8) is 0 Å². The molecule has 0 spiro atoms. The predicted molar refractivity (Wildman–Crippen MR) is 123 cm³/mol. The van der Waals surface area contributed by atoms with E-state index in [0.717, 1.165) is 13.1 Å². The molecule has 10 heteroatoms. The van der Waals surface area contributed by atoms with E-state index >= 15 is 4.39 Å². The molecule has 1 aliphatic heterocycles. The third-order valence-corrected chi connectivity index (χ3v) is 5.54. The molecule has 0 radical (unpaired) electrons. The van der Waals surface area contributed by atoms with Crippen LogP contribution in [0.4, 0.5) is 21.7 Å². The Morgan fingerprint density at radius 2 is 2.00 bits per heavy atom. The number of hydrogen-bond donors (Lipinski definition) is 5. The van der Waals surface area contributed by atoms with Crippen molar-refractivity contribution in [1.82, 2.24) is 15.3 Å². The van der Waals surface area contributed by atoms with Crippen molar-refractivity contribution < 1.29 is 9.18 Å². The minimum Gasteiger partial charge on any atom is -0.383 e. The average Bonchev–Trinajstić information content (AvgIpc) is 2.75. The van der Waals surface area contributed by atoms with Crippen LogP contribution in [0.25, 0.3) is 0 Å². The Labute approximate surface area is 188 Å². The van der Waals surface area contributed by atoms with Gasteiger partial charge in [0.05, 0.1) is 34.2 Å². The second-order valence-corrected chi connectivity index (χ2v) is 7.79. The van der Waals surface area contributed by atoms with Gasteiger partial charge in [-0.25, -0.2) is 14.4 Å². The third kappa shape index (κ3) is 4.12. The van der Waals surface area contributed by atoms with Gasteiger partial charge in [0.2, 0.25) is 0 Å². The summed E-state index contributed by atoms with van der Waals surface area (Å²) in [6.45, 7) is 2.95. The number of aromatic nitrogens is 2. The van der Waals surface area contributed by atoms with Gasteiger partial charge in [-0.1, -0.05) is 17.7 Å². The van der Waals surface area contributed by atoms with Crippen molar-refractivity contribution in [2.24, 2.45) is 0 Å². The lowest BCUT2D eigenvalue weighted by Gasteiger charge is -2.30. The molecule has 4 rings (SSSR count). The van der Waals surface area contributed by atoms with E-state index in [4.69, 9.17) is 22.7 Å². The molecule has 6 N–H and O–H groups in total. The first-order chi connectivity index (χ1) is 15.4. The Bertz CT molecular complexity index is 1200. The number of carbonyl (C=O) groups excluding carboxylic acids is 1. The zero-order valence-corrected chi connectivity index (χ0v) is 17.9. The van der Waals surface area contributed by atoms with E-state index in [-0.39, 0.29) is 44.8 Å². The monoisotopic (exact) mass is 453 g/mol. The third-order valence-electron chi connectivity index (χ3n) is 5.25. The number of rotatable bonds is 6. The van der Waals surface area contributed by atoms with E-state index in [2.05, 4.69) is 25.9 Å². The van der Waals surface area contributed by atoms with Gasteiger partial charge in [0, 0.05) is 30.4 Å². The Kier molecular flexibility index (Phi) is 6.02. The van der Waals surface area contributed by atoms with Crippen LogP contribution in [0.3, 0.4) is 0 Å². The first-order valence-corrected chi connectivity index (χ1v) is 10.3. The van der Waals surface area contributed by atoms with E-state index in [1.165, 1.54) is 25.3 Å². The summed E-state index contributed by atoms with van der Waals surface area (Å²) in [5.74, 6) is -0.780. The average molecular weight is 454 g/mol. The first kappa shape index (κ1) is 21.7. The quantitative estimate of drug-likeness (QED) is 0.364. The van der Waals surface area contributed by atoms with Crippen molar-refractivity contribution in [3.05, 3.63) is 75.8 Å². The molecule has 0 atom stereocenters. The largest absolute Gasteiger partial charge is 0.383 e. The number of nitrogen functional groups attached to an aromatic ring is 1. The van der Waals surface area contributed by atoms with Crippen LogP contribution < -0.4 is 21.7 Å². The Morgan fingerprint density at radius 1 is 1.25 bits per heavy atom. The van der Waals surface area contributed by atoms with Crippen LogP contribution in [0.2, 0.25) is 5.02 Å². The highest BCUT2D eigenvalue weighted by Crippen LogP contribution is 2.33. The number of nitrogens with one attached hydrogen (secondary N) is 4. The molecule has 0 unspecified atom stereocenters. The first-order valence-electron chi connectivity index (χ1n) is 9.88. The van der Waals surface area contributed by atoms with Crippen LogP contribution in [0.1, 0.15) is 27.0 Å². The van der Waals surface area contributed by atoms with Gasteiger partial charge in [0.15, 0.2) is 0 Å². The fraction of sp³-hybridized carbons (Fsp3) is 0.182. The van der Waals surface area contributed by atoms with Crippen LogP contribution >= 0.6 is 11.6 Å². The van der Waals surface area contributed by atoms with Gasteiger partial charge in [0.1, 0.15) is 17.5 Å². The van der Waals surface area contributed by atoms with Crippen LogP contribution in [0.5, 0.6) is 0 Å². The van der Waals surface area contributed by atoms with Crippen molar-refractivity contribution >= 4 is 40.5 Å². The van der Waals surface area contributed by atoms with Crippen molar-refractivity contribution in [3.8, 4) is 0 Å². The molecular formula is C22H21ClFN7O. The molecular weight excluding hydrogens is 433 g/mol.